The molecule has 0 N–H and O–H groups in total. The van der Waals surface area contributed by atoms with E-state index >= 15 is 0 Å². The molecular formula is C10H18BrNO. The van der Waals surface area contributed by atoms with Crippen LogP contribution in [0.4, 0.5) is 0 Å². The van der Waals surface area contributed by atoms with E-state index in [0.717, 1.165) is 31.3 Å². The molecule has 0 aromatic heterocycles. The second-order valence-corrected chi connectivity index (χ2v) is 4.57. The number of alkyl halides is 1. The molecule has 0 aromatic rings. The van der Waals surface area contributed by atoms with E-state index in [-0.39, 0.29) is 0 Å². The largest absolute Gasteiger partial charge is 0.343 e. The van der Waals surface area contributed by atoms with Gasteiger partial charge in [0.15, 0.2) is 0 Å². The first-order valence-corrected chi connectivity index (χ1v) is 6.17. The van der Waals surface area contributed by atoms with Crippen molar-refractivity contribution in [3.05, 3.63) is 0 Å². The van der Waals surface area contributed by atoms with Gasteiger partial charge < -0.3 is 4.90 Å². The highest BCUT2D eigenvalue weighted by Crippen LogP contribution is 2.39. The lowest BCUT2D eigenvalue weighted by atomic mass is 10.3. The van der Waals surface area contributed by atoms with E-state index in [0.29, 0.717) is 17.7 Å². The molecule has 0 radical (unpaired) electrons. The topological polar surface area (TPSA) is 20.3 Å². The molecule has 13 heavy (non-hydrogen) atoms. The molecule has 1 amide bonds. The summed E-state index contributed by atoms with van der Waals surface area (Å²) in [5.74, 6) is 1.34. The molecule has 1 aliphatic rings. The fraction of sp³-hybridized carbons (Fsp3) is 0.900. The van der Waals surface area contributed by atoms with Gasteiger partial charge >= 0.3 is 0 Å². The second kappa shape index (κ2) is 4.99. The molecule has 0 heterocycles. The molecule has 1 fully saturated rings. The predicted molar refractivity (Wildman–Crippen MR) is 57.9 cm³/mol. The number of hydrogen-bond acceptors (Lipinski definition) is 1. The lowest BCUT2D eigenvalue weighted by molar-refractivity contribution is -0.132. The summed E-state index contributed by atoms with van der Waals surface area (Å²) < 4.78 is 0. The Hall–Kier alpha value is -0.0500. The van der Waals surface area contributed by atoms with E-state index in [9.17, 15) is 4.79 Å². The summed E-state index contributed by atoms with van der Waals surface area (Å²) in [7, 11) is 0. The molecule has 0 aromatic carbocycles. The lowest BCUT2D eigenvalue weighted by Gasteiger charge is -2.20. The average molecular weight is 248 g/mol. The zero-order valence-electron chi connectivity index (χ0n) is 8.42. The van der Waals surface area contributed by atoms with Crippen LogP contribution in [0.2, 0.25) is 0 Å². The van der Waals surface area contributed by atoms with E-state index in [1.807, 2.05) is 4.90 Å². The van der Waals surface area contributed by atoms with E-state index in [4.69, 9.17) is 0 Å². The van der Waals surface area contributed by atoms with Crippen molar-refractivity contribution in [2.24, 2.45) is 11.8 Å². The number of carbonyl (C=O) groups excluding carboxylic acids is 1. The van der Waals surface area contributed by atoms with Gasteiger partial charge in [0, 0.05) is 24.3 Å². The van der Waals surface area contributed by atoms with Crippen LogP contribution in [-0.2, 0) is 4.79 Å². The summed E-state index contributed by atoms with van der Waals surface area (Å²) in [5, 5.41) is 0.983. The predicted octanol–water partition coefficient (Wildman–Crippen LogP) is 2.28. The van der Waals surface area contributed by atoms with Crippen LogP contribution in [0.25, 0.3) is 0 Å². The van der Waals surface area contributed by atoms with Crippen LogP contribution >= 0.6 is 15.9 Å². The fourth-order valence-corrected chi connectivity index (χ4v) is 1.83. The van der Waals surface area contributed by atoms with Gasteiger partial charge in [0.1, 0.15) is 0 Å². The Morgan fingerprint density at radius 3 is 2.62 bits per heavy atom. The Morgan fingerprint density at radius 2 is 2.23 bits per heavy atom. The summed E-state index contributed by atoms with van der Waals surface area (Å²) >= 11 is 3.38. The van der Waals surface area contributed by atoms with E-state index in [1.165, 1.54) is 0 Å². The van der Waals surface area contributed by atoms with Crippen molar-refractivity contribution in [2.45, 2.75) is 26.7 Å². The van der Waals surface area contributed by atoms with Gasteiger partial charge in [-0.05, 0) is 25.7 Å². The van der Waals surface area contributed by atoms with Gasteiger partial charge in [-0.3, -0.25) is 4.79 Å². The Kier molecular flexibility index (Phi) is 4.23. The average Bonchev–Trinajstić information content (AvgIpc) is 2.84. The molecule has 0 saturated heterocycles. The highest BCUT2D eigenvalue weighted by atomic mass is 79.9. The zero-order valence-corrected chi connectivity index (χ0v) is 10.0. The molecule has 2 unspecified atom stereocenters. The van der Waals surface area contributed by atoms with E-state index < -0.39 is 0 Å². The zero-order chi connectivity index (χ0) is 9.84. The monoisotopic (exact) mass is 247 g/mol. The lowest BCUT2D eigenvalue weighted by Crippen LogP contribution is -2.33. The molecule has 1 rings (SSSR count). The molecule has 0 aliphatic heterocycles. The first-order chi connectivity index (χ1) is 6.20. The SMILES string of the molecule is CCN(CCCBr)C(=O)C1CC1C. The quantitative estimate of drug-likeness (QED) is 0.683. The molecule has 0 spiro atoms. The molecular weight excluding hydrogens is 230 g/mol. The second-order valence-electron chi connectivity index (χ2n) is 3.78. The third kappa shape index (κ3) is 2.97. The van der Waals surface area contributed by atoms with E-state index in [2.05, 4.69) is 29.8 Å². The Balaban J connectivity index is 2.32. The van der Waals surface area contributed by atoms with Crippen molar-refractivity contribution in [1.29, 1.82) is 0 Å². The molecule has 1 aliphatic carbocycles. The third-order valence-electron chi connectivity index (χ3n) is 2.68. The number of halogens is 1. The van der Waals surface area contributed by atoms with Gasteiger partial charge in [0.2, 0.25) is 5.91 Å². The van der Waals surface area contributed by atoms with Gasteiger partial charge in [-0.25, -0.2) is 0 Å². The van der Waals surface area contributed by atoms with Crippen molar-refractivity contribution < 1.29 is 4.79 Å². The highest BCUT2D eigenvalue weighted by molar-refractivity contribution is 9.09. The van der Waals surface area contributed by atoms with Crippen molar-refractivity contribution in [3.8, 4) is 0 Å². The summed E-state index contributed by atoms with van der Waals surface area (Å²) in [6.07, 6.45) is 2.16. The molecule has 76 valence electrons. The van der Waals surface area contributed by atoms with Crippen molar-refractivity contribution in [1.82, 2.24) is 4.90 Å². The third-order valence-corrected chi connectivity index (χ3v) is 3.24. The van der Waals surface area contributed by atoms with Crippen LogP contribution in [0.5, 0.6) is 0 Å². The number of nitrogens with zero attached hydrogens (tertiary/aromatic N) is 1. The maximum Gasteiger partial charge on any atom is 0.225 e. The van der Waals surface area contributed by atoms with Crippen molar-refractivity contribution in [3.63, 3.8) is 0 Å². The minimum absolute atomic E-state index is 0.343. The first kappa shape index (κ1) is 11.0. The molecule has 2 nitrogen and oxygen atoms in total. The van der Waals surface area contributed by atoms with Gasteiger partial charge in [0.05, 0.1) is 0 Å². The van der Waals surface area contributed by atoms with Crippen LogP contribution in [0.1, 0.15) is 26.7 Å². The Bertz CT molecular complexity index is 184. The smallest absolute Gasteiger partial charge is 0.225 e. The summed E-state index contributed by atoms with van der Waals surface area (Å²) in [6.45, 7) is 5.97. The minimum atomic E-state index is 0.343. The van der Waals surface area contributed by atoms with Crippen LogP contribution in [0.15, 0.2) is 0 Å². The summed E-state index contributed by atoms with van der Waals surface area (Å²) in [6, 6.07) is 0. The van der Waals surface area contributed by atoms with Crippen LogP contribution < -0.4 is 0 Å². The standard InChI is InChI=1S/C10H18BrNO/c1-3-12(6-4-5-11)10(13)9-7-8(9)2/h8-9H,3-7H2,1-2H3. The Morgan fingerprint density at radius 1 is 1.62 bits per heavy atom. The van der Waals surface area contributed by atoms with Gasteiger partial charge in [-0.15, -0.1) is 0 Å². The number of hydrogen-bond donors (Lipinski definition) is 0. The van der Waals surface area contributed by atoms with Crippen LogP contribution in [0.3, 0.4) is 0 Å². The molecule has 2 atom stereocenters. The molecule has 0 bridgehead atoms. The maximum atomic E-state index is 11.8. The number of amides is 1. The van der Waals surface area contributed by atoms with Gasteiger partial charge in [-0.2, -0.15) is 0 Å². The Labute approximate surface area is 88.8 Å². The van der Waals surface area contributed by atoms with Crippen molar-refractivity contribution in [2.75, 3.05) is 18.4 Å². The number of carbonyl (C=O) groups is 1. The highest BCUT2D eigenvalue weighted by Gasteiger charge is 2.40. The first-order valence-electron chi connectivity index (χ1n) is 5.05. The van der Waals surface area contributed by atoms with Crippen LogP contribution in [0, 0.1) is 11.8 Å². The van der Waals surface area contributed by atoms with E-state index in [1.54, 1.807) is 0 Å². The molecule has 3 heteroatoms. The van der Waals surface area contributed by atoms with Gasteiger partial charge in [0.25, 0.3) is 0 Å². The summed E-state index contributed by atoms with van der Waals surface area (Å²) in [4.78, 5) is 13.7. The number of rotatable bonds is 5. The van der Waals surface area contributed by atoms with Crippen LogP contribution in [-0.4, -0.2) is 29.2 Å². The fourth-order valence-electron chi connectivity index (χ4n) is 1.58. The van der Waals surface area contributed by atoms with Crippen molar-refractivity contribution >= 4 is 21.8 Å². The van der Waals surface area contributed by atoms with Gasteiger partial charge in [-0.1, -0.05) is 22.9 Å². The minimum Gasteiger partial charge on any atom is -0.343 e. The molecule has 1 saturated carbocycles. The summed E-state index contributed by atoms with van der Waals surface area (Å²) in [5.41, 5.74) is 0. The normalized spacial score (nSPS) is 25.8. The maximum absolute atomic E-state index is 11.8.